The molecule has 0 saturated carbocycles. The molecule has 1 unspecified atom stereocenters. The number of amides is 2. The maximum absolute atomic E-state index is 12.0. The Morgan fingerprint density at radius 1 is 1.26 bits per heavy atom. The second-order valence-electron chi connectivity index (χ2n) is 4.65. The van der Waals surface area contributed by atoms with Gasteiger partial charge in [0.05, 0.1) is 0 Å². The standard InChI is InChI=1S/C14H20N2O3/c1-5-12(13(17)18)15-14(19)16(4)11-7-9(2)6-10(3)8-11/h6-8,12H,5H2,1-4H3,(H,15,19)(H,17,18). The summed E-state index contributed by atoms with van der Waals surface area (Å²) < 4.78 is 0. The van der Waals surface area contributed by atoms with Crippen molar-refractivity contribution >= 4 is 17.7 Å². The van der Waals surface area contributed by atoms with Crippen LogP contribution < -0.4 is 10.2 Å². The highest BCUT2D eigenvalue weighted by atomic mass is 16.4. The van der Waals surface area contributed by atoms with Crippen LogP contribution in [-0.4, -0.2) is 30.2 Å². The fourth-order valence-electron chi connectivity index (χ4n) is 1.85. The Morgan fingerprint density at radius 2 is 1.79 bits per heavy atom. The van der Waals surface area contributed by atoms with Crippen molar-refractivity contribution in [2.24, 2.45) is 0 Å². The van der Waals surface area contributed by atoms with E-state index in [0.29, 0.717) is 6.42 Å². The fraction of sp³-hybridized carbons (Fsp3) is 0.429. The molecule has 0 radical (unpaired) electrons. The predicted octanol–water partition coefficient (Wildman–Crippen LogP) is 2.31. The monoisotopic (exact) mass is 264 g/mol. The van der Waals surface area contributed by atoms with E-state index in [1.165, 1.54) is 4.90 Å². The number of carboxylic acid groups (broad SMARTS) is 1. The zero-order valence-electron chi connectivity index (χ0n) is 11.7. The molecule has 0 aliphatic rings. The van der Waals surface area contributed by atoms with Crippen LogP contribution in [0.5, 0.6) is 0 Å². The van der Waals surface area contributed by atoms with E-state index in [1.54, 1.807) is 14.0 Å². The van der Waals surface area contributed by atoms with Crippen LogP contribution in [0.1, 0.15) is 24.5 Å². The van der Waals surface area contributed by atoms with Gasteiger partial charge in [-0.25, -0.2) is 9.59 Å². The van der Waals surface area contributed by atoms with Crippen LogP contribution in [0, 0.1) is 13.8 Å². The lowest BCUT2D eigenvalue weighted by Crippen LogP contribution is -2.46. The third-order valence-electron chi connectivity index (χ3n) is 2.90. The first kappa shape index (κ1) is 15.0. The average Bonchev–Trinajstić information content (AvgIpc) is 2.33. The van der Waals surface area contributed by atoms with Gasteiger partial charge in [-0.1, -0.05) is 13.0 Å². The van der Waals surface area contributed by atoms with Gasteiger partial charge in [-0.15, -0.1) is 0 Å². The van der Waals surface area contributed by atoms with Crippen molar-refractivity contribution in [3.8, 4) is 0 Å². The molecule has 0 aromatic heterocycles. The lowest BCUT2D eigenvalue weighted by Gasteiger charge is -2.21. The Kier molecular flexibility index (Phi) is 4.92. The van der Waals surface area contributed by atoms with Crippen molar-refractivity contribution in [3.05, 3.63) is 29.3 Å². The van der Waals surface area contributed by atoms with Crippen LogP contribution in [-0.2, 0) is 4.79 Å². The van der Waals surface area contributed by atoms with Gasteiger partial charge < -0.3 is 10.4 Å². The minimum absolute atomic E-state index is 0.349. The molecule has 0 aliphatic carbocycles. The molecular weight excluding hydrogens is 244 g/mol. The molecule has 2 N–H and O–H groups in total. The maximum Gasteiger partial charge on any atom is 0.326 e. The van der Waals surface area contributed by atoms with E-state index in [1.807, 2.05) is 32.0 Å². The number of hydrogen-bond acceptors (Lipinski definition) is 2. The van der Waals surface area contributed by atoms with E-state index in [0.717, 1.165) is 16.8 Å². The Hall–Kier alpha value is -2.04. The summed E-state index contributed by atoms with van der Waals surface area (Å²) in [7, 11) is 1.62. The Balaban J connectivity index is 2.84. The van der Waals surface area contributed by atoms with Gasteiger partial charge in [-0.05, 0) is 43.5 Å². The molecule has 1 aromatic carbocycles. The number of rotatable bonds is 4. The van der Waals surface area contributed by atoms with Crippen molar-refractivity contribution < 1.29 is 14.7 Å². The quantitative estimate of drug-likeness (QED) is 0.876. The summed E-state index contributed by atoms with van der Waals surface area (Å²) in [6.07, 6.45) is 0.349. The first-order valence-electron chi connectivity index (χ1n) is 6.20. The van der Waals surface area contributed by atoms with Gasteiger partial charge in [0.25, 0.3) is 0 Å². The molecule has 2 amide bonds. The van der Waals surface area contributed by atoms with Crippen molar-refractivity contribution in [2.75, 3.05) is 11.9 Å². The normalized spacial score (nSPS) is 11.8. The smallest absolute Gasteiger partial charge is 0.326 e. The van der Waals surface area contributed by atoms with Crippen LogP contribution >= 0.6 is 0 Å². The predicted molar refractivity (Wildman–Crippen MR) is 74.6 cm³/mol. The molecule has 0 spiro atoms. The summed E-state index contributed by atoms with van der Waals surface area (Å²) in [5, 5.41) is 11.4. The number of benzene rings is 1. The van der Waals surface area contributed by atoms with E-state index in [2.05, 4.69) is 5.32 Å². The van der Waals surface area contributed by atoms with Gasteiger partial charge >= 0.3 is 12.0 Å². The Bertz CT molecular complexity index is 465. The number of carboxylic acids is 1. The van der Waals surface area contributed by atoms with Gasteiger partial charge in [0.2, 0.25) is 0 Å². The van der Waals surface area contributed by atoms with E-state index in [9.17, 15) is 9.59 Å². The minimum atomic E-state index is -1.02. The molecule has 104 valence electrons. The van der Waals surface area contributed by atoms with E-state index >= 15 is 0 Å². The number of carbonyl (C=O) groups excluding carboxylic acids is 1. The average molecular weight is 264 g/mol. The summed E-state index contributed by atoms with van der Waals surface area (Å²) in [5.41, 5.74) is 2.86. The van der Waals surface area contributed by atoms with Gasteiger partial charge in [-0.3, -0.25) is 4.90 Å². The molecule has 1 atom stereocenters. The highest BCUT2D eigenvalue weighted by Crippen LogP contribution is 2.17. The van der Waals surface area contributed by atoms with Crippen molar-refractivity contribution in [2.45, 2.75) is 33.2 Å². The molecule has 1 rings (SSSR count). The highest BCUT2D eigenvalue weighted by molar-refractivity contribution is 5.94. The molecule has 19 heavy (non-hydrogen) atoms. The van der Waals surface area contributed by atoms with Gasteiger partial charge in [-0.2, -0.15) is 0 Å². The number of nitrogens with zero attached hydrogens (tertiary/aromatic N) is 1. The van der Waals surface area contributed by atoms with Crippen molar-refractivity contribution in [1.29, 1.82) is 0 Å². The Morgan fingerprint density at radius 3 is 2.21 bits per heavy atom. The molecule has 1 aromatic rings. The zero-order valence-corrected chi connectivity index (χ0v) is 11.7. The fourth-order valence-corrected chi connectivity index (χ4v) is 1.85. The van der Waals surface area contributed by atoms with E-state index < -0.39 is 18.0 Å². The second-order valence-corrected chi connectivity index (χ2v) is 4.65. The lowest BCUT2D eigenvalue weighted by atomic mass is 10.1. The number of aliphatic carboxylic acids is 1. The second kappa shape index (κ2) is 6.22. The van der Waals surface area contributed by atoms with Crippen molar-refractivity contribution in [3.63, 3.8) is 0 Å². The number of nitrogens with one attached hydrogen (secondary N) is 1. The van der Waals surface area contributed by atoms with Crippen LogP contribution in [0.2, 0.25) is 0 Å². The van der Waals surface area contributed by atoms with Crippen molar-refractivity contribution in [1.82, 2.24) is 5.32 Å². The summed E-state index contributed by atoms with van der Waals surface area (Å²) in [6, 6.07) is 4.50. The molecule has 0 aliphatic heterocycles. The number of anilines is 1. The number of aryl methyl sites for hydroxylation is 2. The van der Waals surface area contributed by atoms with Crippen LogP contribution in [0.4, 0.5) is 10.5 Å². The van der Waals surface area contributed by atoms with Crippen LogP contribution in [0.25, 0.3) is 0 Å². The summed E-state index contributed by atoms with van der Waals surface area (Å²) in [4.78, 5) is 24.3. The summed E-state index contributed by atoms with van der Waals surface area (Å²) in [5.74, 6) is -1.02. The third-order valence-corrected chi connectivity index (χ3v) is 2.90. The number of hydrogen-bond donors (Lipinski definition) is 2. The van der Waals surface area contributed by atoms with Crippen LogP contribution in [0.3, 0.4) is 0 Å². The Labute approximate surface area is 113 Å². The molecule has 0 bridgehead atoms. The largest absolute Gasteiger partial charge is 0.480 e. The van der Waals surface area contributed by atoms with Gasteiger partial charge in [0.1, 0.15) is 6.04 Å². The first-order chi connectivity index (χ1) is 8.85. The summed E-state index contributed by atoms with van der Waals surface area (Å²) >= 11 is 0. The van der Waals surface area contributed by atoms with Crippen LogP contribution in [0.15, 0.2) is 18.2 Å². The third kappa shape index (κ3) is 3.98. The lowest BCUT2D eigenvalue weighted by molar-refractivity contribution is -0.139. The highest BCUT2D eigenvalue weighted by Gasteiger charge is 2.20. The topological polar surface area (TPSA) is 69.6 Å². The maximum atomic E-state index is 12.0. The molecule has 0 saturated heterocycles. The summed E-state index contributed by atoms with van der Waals surface area (Å²) in [6.45, 7) is 5.62. The van der Waals surface area contributed by atoms with Gasteiger partial charge in [0, 0.05) is 12.7 Å². The minimum Gasteiger partial charge on any atom is -0.480 e. The molecular formula is C14H20N2O3. The molecule has 5 nitrogen and oxygen atoms in total. The zero-order chi connectivity index (χ0) is 14.6. The molecule has 0 fully saturated rings. The molecule has 0 heterocycles. The number of carbonyl (C=O) groups is 2. The van der Waals surface area contributed by atoms with Gasteiger partial charge in [0.15, 0.2) is 0 Å². The number of urea groups is 1. The molecule has 5 heteroatoms. The van der Waals surface area contributed by atoms with E-state index in [4.69, 9.17) is 5.11 Å². The van der Waals surface area contributed by atoms with E-state index in [-0.39, 0.29) is 0 Å². The first-order valence-corrected chi connectivity index (χ1v) is 6.20. The SMILES string of the molecule is CCC(NC(=O)N(C)c1cc(C)cc(C)c1)C(=O)O.